The molecule has 2 rings (SSSR count). The normalized spacial score (nSPS) is 14.4. The summed E-state index contributed by atoms with van der Waals surface area (Å²) in [5.74, 6) is 0.715. The summed E-state index contributed by atoms with van der Waals surface area (Å²) in [6.45, 7) is 4.04. The Kier molecular flexibility index (Phi) is 4.10. The van der Waals surface area contributed by atoms with Crippen LogP contribution in [0.15, 0.2) is 36.7 Å². The lowest BCUT2D eigenvalue weighted by molar-refractivity contribution is 0.430. The molecular formula is C14H18FN3. The highest BCUT2D eigenvalue weighted by Crippen LogP contribution is 2.21. The summed E-state index contributed by atoms with van der Waals surface area (Å²) in [6, 6.07) is 6.90. The van der Waals surface area contributed by atoms with Gasteiger partial charge >= 0.3 is 0 Å². The van der Waals surface area contributed by atoms with Crippen LogP contribution < -0.4 is 5.32 Å². The summed E-state index contributed by atoms with van der Waals surface area (Å²) in [5.41, 5.74) is 0.683. The maximum Gasteiger partial charge on any atom is 0.127 e. The molecule has 0 amide bonds. The van der Waals surface area contributed by atoms with Gasteiger partial charge in [0.25, 0.3) is 0 Å². The van der Waals surface area contributed by atoms with Crippen LogP contribution >= 0.6 is 0 Å². The number of aromatic amines is 1. The lowest BCUT2D eigenvalue weighted by atomic mass is 10.1. The molecule has 4 heteroatoms. The van der Waals surface area contributed by atoms with Crippen molar-refractivity contribution in [1.29, 1.82) is 0 Å². The van der Waals surface area contributed by atoms with E-state index in [2.05, 4.69) is 22.2 Å². The van der Waals surface area contributed by atoms with Gasteiger partial charge in [-0.05, 0) is 19.4 Å². The van der Waals surface area contributed by atoms with E-state index in [1.54, 1.807) is 18.5 Å². The zero-order chi connectivity index (χ0) is 13.0. The minimum atomic E-state index is -0.174. The number of imidazole rings is 1. The monoisotopic (exact) mass is 247 g/mol. The van der Waals surface area contributed by atoms with E-state index in [1.807, 2.05) is 19.1 Å². The molecule has 2 unspecified atom stereocenters. The Balaban J connectivity index is 2.11. The van der Waals surface area contributed by atoms with Crippen LogP contribution in [0, 0.1) is 5.82 Å². The van der Waals surface area contributed by atoms with Crippen molar-refractivity contribution in [3.05, 3.63) is 53.9 Å². The third-order valence-electron chi connectivity index (χ3n) is 3.08. The van der Waals surface area contributed by atoms with E-state index >= 15 is 0 Å². The van der Waals surface area contributed by atoms with E-state index in [-0.39, 0.29) is 17.9 Å². The van der Waals surface area contributed by atoms with Gasteiger partial charge in [-0.1, -0.05) is 25.1 Å². The van der Waals surface area contributed by atoms with Gasteiger partial charge in [0.15, 0.2) is 0 Å². The second-order valence-electron chi connectivity index (χ2n) is 4.35. The first-order valence-corrected chi connectivity index (χ1v) is 6.22. The zero-order valence-electron chi connectivity index (χ0n) is 10.7. The maximum atomic E-state index is 13.7. The Morgan fingerprint density at radius 1 is 1.39 bits per heavy atom. The minimum absolute atomic E-state index is 0.0544. The number of hydrogen-bond acceptors (Lipinski definition) is 2. The molecule has 1 aromatic heterocycles. The van der Waals surface area contributed by atoms with Crippen LogP contribution in [0.1, 0.15) is 43.7 Å². The van der Waals surface area contributed by atoms with Gasteiger partial charge in [0, 0.05) is 24.0 Å². The van der Waals surface area contributed by atoms with Gasteiger partial charge in [-0.2, -0.15) is 0 Å². The molecule has 2 N–H and O–H groups in total. The highest BCUT2D eigenvalue weighted by molar-refractivity contribution is 5.21. The standard InChI is InChI=1S/C14H18FN3/c1-3-13(14-16-8-9-17-14)18-10(2)11-6-4-5-7-12(11)15/h4-10,13,18H,3H2,1-2H3,(H,16,17). The quantitative estimate of drug-likeness (QED) is 0.850. The van der Waals surface area contributed by atoms with E-state index in [0.29, 0.717) is 5.56 Å². The predicted octanol–water partition coefficient (Wildman–Crippen LogP) is 3.35. The number of H-pyrrole nitrogens is 1. The molecule has 0 bridgehead atoms. The second kappa shape index (κ2) is 5.78. The highest BCUT2D eigenvalue weighted by Gasteiger charge is 2.17. The zero-order valence-corrected chi connectivity index (χ0v) is 10.7. The summed E-state index contributed by atoms with van der Waals surface area (Å²) in [6.07, 6.45) is 4.42. The largest absolute Gasteiger partial charge is 0.347 e. The molecule has 2 atom stereocenters. The van der Waals surface area contributed by atoms with Crippen LogP contribution in [-0.4, -0.2) is 9.97 Å². The van der Waals surface area contributed by atoms with E-state index in [9.17, 15) is 4.39 Å². The number of benzene rings is 1. The van der Waals surface area contributed by atoms with Crippen molar-refractivity contribution in [2.24, 2.45) is 0 Å². The molecule has 0 spiro atoms. The molecular weight excluding hydrogens is 229 g/mol. The fourth-order valence-corrected chi connectivity index (χ4v) is 2.08. The van der Waals surface area contributed by atoms with Gasteiger partial charge in [-0.25, -0.2) is 9.37 Å². The molecule has 2 aromatic rings. The van der Waals surface area contributed by atoms with Gasteiger partial charge in [0.05, 0.1) is 6.04 Å². The number of nitrogens with zero attached hydrogens (tertiary/aromatic N) is 1. The number of nitrogens with one attached hydrogen (secondary N) is 2. The van der Waals surface area contributed by atoms with Crippen LogP contribution in [0.3, 0.4) is 0 Å². The van der Waals surface area contributed by atoms with Gasteiger partial charge in [-0.15, -0.1) is 0 Å². The van der Waals surface area contributed by atoms with Crippen molar-refractivity contribution in [2.45, 2.75) is 32.4 Å². The molecule has 0 aliphatic carbocycles. The van der Waals surface area contributed by atoms with Gasteiger partial charge in [0.1, 0.15) is 11.6 Å². The first-order valence-electron chi connectivity index (χ1n) is 6.22. The van der Waals surface area contributed by atoms with Crippen LogP contribution in [0.25, 0.3) is 0 Å². The summed E-state index contributed by atoms with van der Waals surface area (Å²) >= 11 is 0. The molecule has 0 saturated heterocycles. The Labute approximate surface area is 106 Å². The summed E-state index contributed by atoms with van der Waals surface area (Å²) in [7, 11) is 0. The van der Waals surface area contributed by atoms with Crippen LogP contribution in [0.5, 0.6) is 0 Å². The van der Waals surface area contributed by atoms with Crippen molar-refractivity contribution < 1.29 is 4.39 Å². The Bertz CT molecular complexity index is 482. The smallest absolute Gasteiger partial charge is 0.127 e. The molecule has 0 radical (unpaired) electrons. The molecule has 96 valence electrons. The molecule has 0 aliphatic heterocycles. The third-order valence-corrected chi connectivity index (χ3v) is 3.08. The summed E-state index contributed by atoms with van der Waals surface area (Å²) < 4.78 is 13.7. The highest BCUT2D eigenvalue weighted by atomic mass is 19.1. The topological polar surface area (TPSA) is 40.7 Å². The number of halogens is 1. The molecule has 18 heavy (non-hydrogen) atoms. The first kappa shape index (κ1) is 12.8. The van der Waals surface area contributed by atoms with Crippen molar-refractivity contribution in [2.75, 3.05) is 0 Å². The average Bonchev–Trinajstić information content (AvgIpc) is 2.90. The van der Waals surface area contributed by atoms with Crippen LogP contribution in [0.2, 0.25) is 0 Å². The van der Waals surface area contributed by atoms with E-state index in [4.69, 9.17) is 0 Å². The van der Waals surface area contributed by atoms with Gasteiger partial charge < -0.3 is 10.3 Å². The van der Waals surface area contributed by atoms with Crippen molar-refractivity contribution >= 4 is 0 Å². The molecule has 0 aliphatic rings. The lowest BCUT2D eigenvalue weighted by Crippen LogP contribution is -2.25. The van der Waals surface area contributed by atoms with E-state index < -0.39 is 0 Å². The SMILES string of the molecule is CCC(NC(C)c1ccccc1F)c1ncc[nH]1. The average molecular weight is 247 g/mol. The first-order chi connectivity index (χ1) is 8.72. The fraction of sp³-hybridized carbons (Fsp3) is 0.357. The number of aromatic nitrogens is 2. The van der Waals surface area contributed by atoms with E-state index in [1.165, 1.54) is 6.07 Å². The Morgan fingerprint density at radius 3 is 2.78 bits per heavy atom. The molecule has 1 aromatic carbocycles. The lowest BCUT2D eigenvalue weighted by Gasteiger charge is -2.21. The number of hydrogen-bond donors (Lipinski definition) is 2. The third kappa shape index (κ3) is 2.76. The van der Waals surface area contributed by atoms with Crippen LogP contribution in [-0.2, 0) is 0 Å². The van der Waals surface area contributed by atoms with Gasteiger partial charge in [-0.3, -0.25) is 0 Å². The minimum Gasteiger partial charge on any atom is -0.347 e. The van der Waals surface area contributed by atoms with E-state index in [0.717, 1.165) is 12.2 Å². The molecule has 0 saturated carbocycles. The summed E-state index contributed by atoms with van der Waals surface area (Å²) in [4.78, 5) is 7.34. The predicted molar refractivity (Wildman–Crippen MR) is 69.6 cm³/mol. The molecule has 0 fully saturated rings. The second-order valence-corrected chi connectivity index (χ2v) is 4.35. The Morgan fingerprint density at radius 2 is 2.17 bits per heavy atom. The maximum absolute atomic E-state index is 13.7. The molecule has 1 heterocycles. The van der Waals surface area contributed by atoms with Gasteiger partial charge in [0.2, 0.25) is 0 Å². The van der Waals surface area contributed by atoms with Crippen molar-refractivity contribution in [1.82, 2.24) is 15.3 Å². The molecule has 3 nitrogen and oxygen atoms in total. The number of rotatable bonds is 5. The van der Waals surface area contributed by atoms with Crippen molar-refractivity contribution in [3.63, 3.8) is 0 Å². The Hall–Kier alpha value is -1.68. The fourth-order valence-electron chi connectivity index (χ4n) is 2.08. The summed E-state index contributed by atoms with van der Waals surface area (Å²) in [5, 5.41) is 3.39. The van der Waals surface area contributed by atoms with Crippen molar-refractivity contribution in [3.8, 4) is 0 Å². The van der Waals surface area contributed by atoms with Crippen LogP contribution in [0.4, 0.5) is 4.39 Å².